The van der Waals surface area contributed by atoms with Crippen molar-refractivity contribution < 1.29 is 4.74 Å². The normalized spacial score (nSPS) is 24.0. The van der Waals surface area contributed by atoms with Crippen molar-refractivity contribution in [3.8, 4) is 0 Å². The molecule has 0 aliphatic carbocycles. The van der Waals surface area contributed by atoms with Crippen molar-refractivity contribution in [2.75, 3.05) is 0 Å². The second kappa shape index (κ2) is 4.79. The molecule has 1 aliphatic heterocycles. The van der Waals surface area contributed by atoms with Gasteiger partial charge < -0.3 is 4.74 Å². The van der Waals surface area contributed by atoms with Crippen LogP contribution in [0, 0.1) is 0 Å². The second-order valence-electron chi connectivity index (χ2n) is 4.37. The fourth-order valence-corrected chi connectivity index (χ4v) is 1.69. The fourth-order valence-electron chi connectivity index (χ4n) is 1.69. The standard InChI is InChI=1S/C10H18O.I2/c1-7-8(2)10(5,6)11-9(7,3)4;1-2/h1-6H3;. The van der Waals surface area contributed by atoms with Crippen molar-refractivity contribution in [1.82, 2.24) is 0 Å². The zero-order chi connectivity index (χ0) is 10.9. The van der Waals surface area contributed by atoms with Crippen LogP contribution in [0.3, 0.4) is 0 Å². The minimum Gasteiger partial charge on any atom is -0.361 e. The molecule has 3 heteroatoms. The van der Waals surface area contributed by atoms with Gasteiger partial charge in [0.15, 0.2) is 0 Å². The lowest BCUT2D eigenvalue weighted by Crippen LogP contribution is -2.29. The topological polar surface area (TPSA) is 9.23 Å². The van der Waals surface area contributed by atoms with Gasteiger partial charge in [-0.2, -0.15) is 0 Å². The van der Waals surface area contributed by atoms with Crippen molar-refractivity contribution in [3.63, 3.8) is 0 Å². The van der Waals surface area contributed by atoms with Gasteiger partial charge >= 0.3 is 0 Å². The number of halogens is 2. The zero-order valence-electron chi connectivity index (χ0n) is 9.16. The highest BCUT2D eigenvalue weighted by molar-refractivity contribution is 15.0. The van der Waals surface area contributed by atoms with Crippen LogP contribution in [0.4, 0.5) is 0 Å². The third-order valence-electron chi connectivity index (χ3n) is 2.88. The van der Waals surface area contributed by atoms with Crippen molar-refractivity contribution >= 4 is 37.2 Å². The van der Waals surface area contributed by atoms with Crippen LogP contribution in [0.15, 0.2) is 11.1 Å². The Morgan fingerprint density at radius 2 is 1.08 bits per heavy atom. The highest BCUT2D eigenvalue weighted by Gasteiger charge is 2.40. The molecule has 13 heavy (non-hydrogen) atoms. The molecule has 0 aromatic carbocycles. The molecule has 0 amide bonds. The van der Waals surface area contributed by atoms with Gasteiger partial charge in [0.1, 0.15) is 0 Å². The summed E-state index contributed by atoms with van der Waals surface area (Å²) in [5, 5.41) is 0. The minimum atomic E-state index is -0.0619. The van der Waals surface area contributed by atoms with E-state index in [1.807, 2.05) is 0 Å². The molecule has 0 bridgehead atoms. The van der Waals surface area contributed by atoms with Gasteiger partial charge in [-0.3, -0.25) is 0 Å². The smallest absolute Gasteiger partial charge is 0.0848 e. The number of rotatable bonds is 0. The van der Waals surface area contributed by atoms with E-state index in [0.29, 0.717) is 0 Å². The van der Waals surface area contributed by atoms with Crippen LogP contribution in [0.2, 0.25) is 0 Å². The molecule has 0 radical (unpaired) electrons. The van der Waals surface area contributed by atoms with Gasteiger partial charge in [0.05, 0.1) is 11.2 Å². The molecule has 1 rings (SSSR count). The van der Waals surface area contributed by atoms with Gasteiger partial charge in [0, 0.05) is 37.2 Å². The van der Waals surface area contributed by atoms with Gasteiger partial charge in [0.2, 0.25) is 0 Å². The summed E-state index contributed by atoms with van der Waals surface area (Å²) in [6, 6.07) is 0. The summed E-state index contributed by atoms with van der Waals surface area (Å²) in [5.41, 5.74) is 2.63. The lowest BCUT2D eigenvalue weighted by atomic mass is 9.93. The molecule has 0 unspecified atom stereocenters. The maximum atomic E-state index is 5.89. The van der Waals surface area contributed by atoms with Crippen molar-refractivity contribution in [3.05, 3.63) is 11.1 Å². The predicted octanol–water partition coefficient (Wildman–Crippen LogP) is 4.68. The van der Waals surface area contributed by atoms with Crippen LogP contribution >= 0.6 is 37.2 Å². The molecule has 1 heterocycles. The van der Waals surface area contributed by atoms with Gasteiger partial charge in [-0.1, -0.05) is 0 Å². The molecule has 0 spiro atoms. The Morgan fingerprint density at radius 3 is 1.15 bits per heavy atom. The number of hydrogen-bond donors (Lipinski definition) is 0. The monoisotopic (exact) mass is 408 g/mol. The van der Waals surface area contributed by atoms with E-state index in [9.17, 15) is 0 Å². The van der Waals surface area contributed by atoms with Gasteiger partial charge in [-0.15, -0.1) is 0 Å². The molecule has 0 saturated carbocycles. The Labute approximate surface area is 105 Å². The SMILES string of the molecule is CC1=C(C)C(C)(C)OC1(C)C.II. The van der Waals surface area contributed by atoms with Crippen LogP contribution in [-0.4, -0.2) is 11.2 Å². The lowest BCUT2D eigenvalue weighted by Gasteiger charge is -2.26. The first-order valence-corrected chi connectivity index (χ1v) is 10.6. The van der Waals surface area contributed by atoms with E-state index in [1.54, 1.807) is 0 Å². The number of ether oxygens (including phenoxy) is 1. The van der Waals surface area contributed by atoms with E-state index >= 15 is 0 Å². The molecule has 1 aliphatic rings. The highest BCUT2D eigenvalue weighted by Crippen LogP contribution is 2.41. The van der Waals surface area contributed by atoms with E-state index in [1.165, 1.54) is 11.1 Å². The Kier molecular flexibility index (Phi) is 5.22. The van der Waals surface area contributed by atoms with Gasteiger partial charge in [-0.05, 0) is 52.7 Å². The van der Waals surface area contributed by atoms with E-state index in [2.05, 4.69) is 78.8 Å². The quantitative estimate of drug-likeness (QED) is 0.418. The Hall–Kier alpha value is 1.16. The average Bonchev–Trinajstić information content (AvgIpc) is 2.15. The molecule has 0 N–H and O–H groups in total. The average molecular weight is 408 g/mol. The Balaban J connectivity index is 0.000000671. The third kappa shape index (κ3) is 3.06. The summed E-state index contributed by atoms with van der Waals surface area (Å²) in [7, 11) is 0. The molecule has 0 aromatic rings. The molecule has 78 valence electrons. The second-order valence-corrected chi connectivity index (χ2v) is 4.37. The van der Waals surface area contributed by atoms with Crippen LogP contribution < -0.4 is 0 Å². The summed E-state index contributed by atoms with van der Waals surface area (Å²) < 4.78 is 5.89. The highest BCUT2D eigenvalue weighted by atomic mass is 128. The molecule has 0 fully saturated rings. The van der Waals surface area contributed by atoms with Crippen molar-refractivity contribution in [2.45, 2.75) is 52.7 Å². The summed E-state index contributed by atoms with van der Waals surface area (Å²) in [6.07, 6.45) is 0. The van der Waals surface area contributed by atoms with Crippen LogP contribution in [0.25, 0.3) is 0 Å². The third-order valence-corrected chi connectivity index (χ3v) is 2.88. The lowest BCUT2D eigenvalue weighted by molar-refractivity contribution is -0.0563. The van der Waals surface area contributed by atoms with E-state index in [0.717, 1.165) is 0 Å². The van der Waals surface area contributed by atoms with E-state index < -0.39 is 0 Å². The van der Waals surface area contributed by atoms with Crippen LogP contribution in [0.5, 0.6) is 0 Å². The van der Waals surface area contributed by atoms with E-state index in [-0.39, 0.29) is 11.2 Å². The van der Waals surface area contributed by atoms with Crippen molar-refractivity contribution in [2.24, 2.45) is 0 Å². The Bertz CT molecular complexity index is 195. The molecule has 0 saturated heterocycles. The number of hydrogen-bond acceptors (Lipinski definition) is 1. The fraction of sp³-hybridized carbons (Fsp3) is 0.800. The van der Waals surface area contributed by atoms with Gasteiger partial charge in [0.25, 0.3) is 0 Å². The first-order chi connectivity index (χ1) is 5.77. The van der Waals surface area contributed by atoms with Crippen LogP contribution in [-0.2, 0) is 4.74 Å². The molecule has 0 atom stereocenters. The first-order valence-electron chi connectivity index (χ1n) is 4.30. The Morgan fingerprint density at radius 1 is 0.846 bits per heavy atom. The summed E-state index contributed by atoms with van der Waals surface area (Å²) >= 11 is 4.24. The first kappa shape index (κ1) is 14.2. The molecule has 0 aromatic heterocycles. The van der Waals surface area contributed by atoms with E-state index in [4.69, 9.17) is 4.74 Å². The van der Waals surface area contributed by atoms with Crippen molar-refractivity contribution in [1.29, 1.82) is 0 Å². The maximum Gasteiger partial charge on any atom is 0.0848 e. The summed E-state index contributed by atoms with van der Waals surface area (Å²) in [4.78, 5) is 0. The summed E-state index contributed by atoms with van der Waals surface area (Å²) in [5.74, 6) is 0. The van der Waals surface area contributed by atoms with Crippen LogP contribution in [0.1, 0.15) is 41.5 Å². The maximum absolute atomic E-state index is 5.89. The molecular formula is C10H18I2O. The molecule has 1 nitrogen and oxygen atoms in total. The largest absolute Gasteiger partial charge is 0.361 e. The zero-order valence-corrected chi connectivity index (χ0v) is 13.5. The predicted molar refractivity (Wildman–Crippen MR) is 75.7 cm³/mol. The van der Waals surface area contributed by atoms with Gasteiger partial charge in [-0.25, -0.2) is 0 Å². The summed E-state index contributed by atoms with van der Waals surface area (Å²) in [6.45, 7) is 12.8. The molecular weight excluding hydrogens is 390 g/mol. The minimum absolute atomic E-state index is 0.0619.